The van der Waals surface area contributed by atoms with Crippen LogP contribution in [0.25, 0.3) is 92.2 Å². The summed E-state index contributed by atoms with van der Waals surface area (Å²) in [5, 5.41) is 5.15. The van der Waals surface area contributed by atoms with Gasteiger partial charge in [-0.1, -0.05) is 164 Å². The van der Waals surface area contributed by atoms with Crippen LogP contribution < -0.4 is 4.90 Å². The van der Waals surface area contributed by atoms with E-state index in [2.05, 4.69) is 252 Å². The Morgan fingerprint density at radius 3 is 1.30 bits per heavy atom. The molecule has 0 saturated heterocycles. The maximum Gasteiger partial charge on any atom is 0.0541 e. The molecule has 0 atom stereocenters. The lowest BCUT2D eigenvalue weighted by molar-refractivity contribution is 1.18. The van der Waals surface area contributed by atoms with Gasteiger partial charge in [-0.05, 0) is 123 Å². The van der Waals surface area contributed by atoms with Gasteiger partial charge >= 0.3 is 0 Å². The van der Waals surface area contributed by atoms with Crippen LogP contribution in [0.2, 0.25) is 0 Å². The molecule has 0 aliphatic heterocycles. The molecule has 12 rings (SSSR count). The summed E-state index contributed by atoms with van der Waals surface area (Å²) in [4.78, 5) is 2.36. The zero-order valence-corrected chi connectivity index (χ0v) is 35.2. The summed E-state index contributed by atoms with van der Waals surface area (Å²) >= 11 is 1.86. The van der Waals surface area contributed by atoms with E-state index in [4.69, 9.17) is 0 Å². The van der Waals surface area contributed by atoms with Crippen LogP contribution >= 0.6 is 11.3 Å². The average Bonchev–Trinajstić information content (AvgIpc) is 3.90. The van der Waals surface area contributed by atoms with E-state index < -0.39 is 0 Å². The van der Waals surface area contributed by atoms with Gasteiger partial charge in [0.25, 0.3) is 0 Å². The highest BCUT2D eigenvalue weighted by Gasteiger charge is 2.16. The molecule has 2 nitrogen and oxygen atoms in total. The molecule has 0 fully saturated rings. The molecule has 0 radical (unpaired) electrons. The van der Waals surface area contributed by atoms with Crippen molar-refractivity contribution in [2.24, 2.45) is 0 Å². The second-order valence-corrected chi connectivity index (χ2v) is 17.2. The van der Waals surface area contributed by atoms with Crippen molar-refractivity contribution in [2.75, 3.05) is 4.90 Å². The number of hydrogen-bond acceptors (Lipinski definition) is 2. The first kappa shape index (κ1) is 36.8. The molecular weight excluding hydrogens is 781 g/mol. The molecule has 10 aromatic carbocycles. The lowest BCUT2D eigenvalue weighted by atomic mass is 9.99. The molecule has 3 heteroatoms. The van der Waals surface area contributed by atoms with Crippen LogP contribution in [0.15, 0.2) is 243 Å². The lowest BCUT2D eigenvalue weighted by Crippen LogP contribution is -2.09. The number of benzene rings is 10. The Morgan fingerprint density at radius 1 is 0.270 bits per heavy atom. The first-order valence-corrected chi connectivity index (χ1v) is 22.3. The van der Waals surface area contributed by atoms with Crippen LogP contribution in [0.3, 0.4) is 0 Å². The largest absolute Gasteiger partial charge is 0.311 e. The summed E-state index contributed by atoms with van der Waals surface area (Å²) in [6, 6.07) is 88.3. The number of aromatic nitrogens is 1. The van der Waals surface area contributed by atoms with Crippen molar-refractivity contribution < 1.29 is 0 Å². The fourth-order valence-electron chi connectivity index (χ4n) is 9.25. The summed E-state index contributed by atoms with van der Waals surface area (Å²) in [7, 11) is 0. The molecule has 0 amide bonds. The molecule has 2 heterocycles. The summed E-state index contributed by atoms with van der Waals surface area (Å²) in [5.41, 5.74) is 16.5. The van der Waals surface area contributed by atoms with Crippen molar-refractivity contribution in [3.8, 4) is 50.2 Å². The van der Waals surface area contributed by atoms with Crippen molar-refractivity contribution in [3.63, 3.8) is 0 Å². The molecule has 0 unspecified atom stereocenters. The number of nitrogens with zero attached hydrogens (tertiary/aromatic N) is 2. The van der Waals surface area contributed by atoms with E-state index in [0.29, 0.717) is 0 Å². The van der Waals surface area contributed by atoms with Gasteiger partial charge in [-0.25, -0.2) is 0 Å². The average molecular weight is 821 g/mol. The number of rotatable bonds is 8. The summed E-state index contributed by atoms with van der Waals surface area (Å²) in [6.45, 7) is 0. The van der Waals surface area contributed by atoms with Gasteiger partial charge in [-0.3, -0.25) is 0 Å². The molecule has 63 heavy (non-hydrogen) atoms. The highest BCUT2D eigenvalue weighted by atomic mass is 32.1. The Morgan fingerprint density at radius 2 is 0.683 bits per heavy atom. The van der Waals surface area contributed by atoms with Crippen LogP contribution in [0, 0.1) is 0 Å². The van der Waals surface area contributed by atoms with Crippen molar-refractivity contribution >= 4 is 70.4 Å². The second kappa shape index (κ2) is 15.5. The smallest absolute Gasteiger partial charge is 0.0541 e. The van der Waals surface area contributed by atoms with Crippen molar-refractivity contribution in [1.29, 1.82) is 0 Å². The number of fused-ring (bicyclic) bond motifs is 6. The van der Waals surface area contributed by atoms with E-state index in [1.54, 1.807) is 0 Å². The molecule has 2 aromatic heterocycles. The Balaban J connectivity index is 0.902. The molecular formula is C60H40N2S. The first-order valence-electron chi connectivity index (χ1n) is 21.5. The SMILES string of the molecule is c1ccc(-c2ccc(-c3ccc(N(c4ccc(-c5ccc6c(c5)sc5ccccc56)cc4)c4ccc(-c5ccc6c(c5)c5ccccc5n6-c5ccccc5)cc4)cc3)cc2)cc1. The van der Waals surface area contributed by atoms with E-state index in [0.717, 1.165) is 17.1 Å². The van der Waals surface area contributed by atoms with Crippen molar-refractivity contribution in [2.45, 2.75) is 0 Å². The van der Waals surface area contributed by atoms with Gasteiger partial charge in [0, 0.05) is 53.7 Å². The Labute approximate surface area is 370 Å². The third-order valence-corrected chi connectivity index (χ3v) is 13.6. The lowest BCUT2D eigenvalue weighted by Gasteiger charge is -2.26. The zero-order valence-electron chi connectivity index (χ0n) is 34.4. The highest BCUT2D eigenvalue weighted by molar-refractivity contribution is 7.25. The first-order chi connectivity index (χ1) is 31.2. The minimum Gasteiger partial charge on any atom is -0.311 e. The number of anilines is 3. The van der Waals surface area contributed by atoms with Gasteiger partial charge < -0.3 is 9.47 Å². The number of para-hydroxylation sites is 2. The van der Waals surface area contributed by atoms with Gasteiger partial charge in [0.05, 0.1) is 11.0 Å². The highest BCUT2D eigenvalue weighted by Crippen LogP contribution is 2.41. The standard InChI is InChI=1S/C60H40N2S/c1-3-11-41(12-4-1)42-19-21-43(22-20-42)44-23-31-50(32-24-44)61(52-35-27-46(28-36-52)48-29-37-55-54-16-8-10-18-59(54)63-60(55)40-48)51-33-25-45(26-34-51)47-30-38-58-56(39-47)53-15-7-9-17-57(53)62(58)49-13-5-2-6-14-49/h1-40H. The Bertz CT molecular complexity index is 3570. The van der Waals surface area contributed by atoms with E-state index in [-0.39, 0.29) is 0 Å². The van der Waals surface area contributed by atoms with Crippen LogP contribution in [0.4, 0.5) is 17.1 Å². The Kier molecular flexibility index (Phi) is 9.06. The van der Waals surface area contributed by atoms with Gasteiger partial charge in [0.2, 0.25) is 0 Å². The second-order valence-electron chi connectivity index (χ2n) is 16.1. The molecule has 296 valence electrons. The van der Waals surface area contributed by atoms with Gasteiger partial charge in [-0.15, -0.1) is 11.3 Å². The van der Waals surface area contributed by atoms with Crippen LogP contribution in [0.5, 0.6) is 0 Å². The number of hydrogen-bond donors (Lipinski definition) is 0. The molecule has 0 aliphatic carbocycles. The summed E-state index contributed by atoms with van der Waals surface area (Å²) in [6.07, 6.45) is 0. The maximum atomic E-state index is 2.37. The fourth-order valence-corrected chi connectivity index (χ4v) is 10.4. The molecule has 12 aromatic rings. The quantitative estimate of drug-likeness (QED) is 0.148. The van der Waals surface area contributed by atoms with Crippen LogP contribution in [-0.4, -0.2) is 4.57 Å². The maximum absolute atomic E-state index is 2.37. The predicted molar refractivity (Wildman–Crippen MR) is 270 cm³/mol. The zero-order chi connectivity index (χ0) is 41.7. The third kappa shape index (κ3) is 6.67. The van der Waals surface area contributed by atoms with Crippen LogP contribution in [0.1, 0.15) is 0 Å². The van der Waals surface area contributed by atoms with Crippen LogP contribution in [-0.2, 0) is 0 Å². The van der Waals surface area contributed by atoms with Crippen molar-refractivity contribution in [1.82, 2.24) is 4.57 Å². The van der Waals surface area contributed by atoms with E-state index in [1.807, 2.05) is 11.3 Å². The molecule has 0 saturated carbocycles. The summed E-state index contributed by atoms with van der Waals surface area (Å²) in [5.74, 6) is 0. The fraction of sp³-hybridized carbons (Fsp3) is 0. The summed E-state index contributed by atoms with van der Waals surface area (Å²) < 4.78 is 5.01. The molecule has 0 aliphatic rings. The molecule has 0 N–H and O–H groups in total. The van der Waals surface area contributed by atoms with E-state index in [9.17, 15) is 0 Å². The Hall–Kier alpha value is -7.98. The van der Waals surface area contributed by atoms with Gasteiger partial charge in [0.15, 0.2) is 0 Å². The normalized spacial score (nSPS) is 11.5. The van der Waals surface area contributed by atoms with Gasteiger partial charge in [-0.2, -0.15) is 0 Å². The predicted octanol–water partition coefficient (Wildman–Crippen LogP) is 17.3. The number of thiophene rings is 1. The minimum atomic E-state index is 1.10. The minimum absolute atomic E-state index is 1.10. The monoisotopic (exact) mass is 820 g/mol. The van der Waals surface area contributed by atoms with Gasteiger partial charge in [0.1, 0.15) is 0 Å². The molecule has 0 spiro atoms. The third-order valence-electron chi connectivity index (χ3n) is 12.4. The van der Waals surface area contributed by atoms with E-state index >= 15 is 0 Å². The molecule has 0 bridgehead atoms. The van der Waals surface area contributed by atoms with E-state index in [1.165, 1.54) is 92.2 Å². The van der Waals surface area contributed by atoms with Crippen molar-refractivity contribution in [3.05, 3.63) is 243 Å². The topological polar surface area (TPSA) is 8.17 Å².